The first-order valence-corrected chi connectivity index (χ1v) is 10.5. The van der Waals surface area contributed by atoms with Gasteiger partial charge in [0.15, 0.2) is 5.82 Å². The highest BCUT2D eigenvalue weighted by atomic mass is 35.5. The Hall–Kier alpha value is -3.07. The Kier molecular flexibility index (Phi) is 6.10. The number of likely N-dealkylation sites (tertiary alicyclic amines) is 1. The number of hydrogen-bond acceptors (Lipinski definition) is 3. The number of carbonyl (C=O) groups is 1. The number of nitrogens with one attached hydrogen (secondary N) is 1. The Morgan fingerprint density at radius 2 is 1.81 bits per heavy atom. The number of anilines is 1. The van der Waals surface area contributed by atoms with Gasteiger partial charge in [-0.25, -0.2) is 4.79 Å². The van der Waals surface area contributed by atoms with Crippen molar-refractivity contribution in [2.24, 2.45) is 0 Å². The molecule has 1 atom stereocenters. The van der Waals surface area contributed by atoms with Gasteiger partial charge in [0.05, 0.1) is 18.2 Å². The van der Waals surface area contributed by atoms with E-state index in [4.69, 9.17) is 11.6 Å². The van der Waals surface area contributed by atoms with Gasteiger partial charge >= 0.3 is 12.2 Å². The zero-order valence-electron chi connectivity index (χ0n) is 17.2. The molecule has 32 heavy (non-hydrogen) atoms. The number of aromatic nitrogens is 3. The minimum Gasteiger partial charge on any atom is -0.314 e. The third-order valence-corrected chi connectivity index (χ3v) is 5.75. The summed E-state index contributed by atoms with van der Waals surface area (Å²) in [4.78, 5) is 14.6. The predicted molar refractivity (Wildman–Crippen MR) is 114 cm³/mol. The van der Waals surface area contributed by atoms with E-state index >= 15 is 0 Å². The molecular formula is C22H21ClF3N5O. The molecule has 0 bridgehead atoms. The Labute approximate surface area is 188 Å². The number of hydrogen-bond donors (Lipinski definition) is 1. The molecule has 168 valence electrons. The maximum absolute atomic E-state index is 12.9. The monoisotopic (exact) mass is 463 g/mol. The zero-order chi connectivity index (χ0) is 22.9. The van der Waals surface area contributed by atoms with Gasteiger partial charge in [-0.1, -0.05) is 23.7 Å². The molecule has 0 saturated carbocycles. The summed E-state index contributed by atoms with van der Waals surface area (Å²) in [6.07, 6.45) is -2.91. The van der Waals surface area contributed by atoms with Crippen LogP contribution < -0.4 is 5.32 Å². The van der Waals surface area contributed by atoms with Crippen molar-refractivity contribution in [3.8, 4) is 0 Å². The lowest BCUT2D eigenvalue weighted by atomic mass is 10.2. The standard InChI is InChI=1S/C22H21ClF3N5O/c1-14-28-29-20(31(14)13-15-4-8-17(23)9-5-15)19-3-2-12-30(19)21(32)27-18-10-6-16(7-11-18)22(24,25)26/h4-11,19H,2-3,12-13H2,1H3,(H,27,32)/t19-/m1/s1. The summed E-state index contributed by atoms with van der Waals surface area (Å²) in [5.74, 6) is 1.41. The zero-order valence-corrected chi connectivity index (χ0v) is 18.0. The Morgan fingerprint density at radius 3 is 2.47 bits per heavy atom. The van der Waals surface area contributed by atoms with Crippen molar-refractivity contribution < 1.29 is 18.0 Å². The van der Waals surface area contributed by atoms with Crippen LogP contribution in [0.4, 0.5) is 23.7 Å². The number of rotatable bonds is 4. The Bertz CT molecular complexity index is 1100. The molecule has 3 aromatic rings. The van der Waals surface area contributed by atoms with E-state index in [0.717, 1.165) is 36.4 Å². The fourth-order valence-electron chi connectivity index (χ4n) is 3.83. The summed E-state index contributed by atoms with van der Waals surface area (Å²) in [6, 6.07) is 11.2. The van der Waals surface area contributed by atoms with Gasteiger partial charge in [0.25, 0.3) is 0 Å². The van der Waals surface area contributed by atoms with Gasteiger partial charge in [-0.3, -0.25) is 0 Å². The van der Waals surface area contributed by atoms with Gasteiger partial charge in [-0.2, -0.15) is 13.2 Å². The summed E-state index contributed by atoms with van der Waals surface area (Å²) in [6.45, 7) is 2.91. The highest BCUT2D eigenvalue weighted by Crippen LogP contribution is 2.33. The Balaban J connectivity index is 1.51. The molecule has 0 spiro atoms. The van der Waals surface area contributed by atoms with Gasteiger partial charge in [-0.15, -0.1) is 10.2 Å². The number of urea groups is 1. The second-order valence-electron chi connectivity index (χ2n) is 7.67. The molecule has 1 aromatic heterocycles. The highest BCUT2D eigenvalue weighted by Gasteiger charge is 2.34. The number of carbonyl (C=O) groups excluding carboxylic acids is 1. The smallest absolute Gasteiger partial charge is 0.314 e. The van der Waals surface area contributed by atoms with Crippen LogP contribution in [0.1, 0.15) is 41.7 Å². The molecule has 1 fully saturated rings. The lowest BCUT2D eigenvalue weighted by Gasteiger charge is -2.25. The quantitative estimate of drug-likeness (QED) is 0.541. The van der Waals surface area contributed by atoms with Gasteiger partial charge in [0.1, 0.15) is 5.82 Å². The minimum absolute atomic E-state index is 0.280. The molecule has 1 N–H and O–H groups in total. The fraction of sp³-hybridized carbons (Fsp3) is 0.318. The van der Waals surface area contributed by atoms with Crippen molar-refractivity contribution in [3.63, 3.8) is 0 Å². The minimum atomic E-state index is -4.42. The van der Waals surface area contributed by atoms with Gasteiger partial charge in [0, 0.05) is 17.3 Å². The molecule has 0 unspecified atom stereocenters. The van der Waals surface area contributed by atoms with Crippen LogP contribution in [-0.4, -0.2) is 32.2 Å². The topological polar surface area (TPSA) is 63.1 Å². The fourth-order valence-corrected chi connectivity index (χ4v) is 3.95. The van der Waals surface area contributed by atoms with Crippen LogP contribution in [0.5, 0.6) is 0 Å². The molecule has 0 radical (unpaired) electrons. The highest BCUT2D eigenvalue weighted by molar-refractivity contribution is 6.30. The van der Waals surface area contributed by atoms with Crippen LogP contribution in [0.15, 0.2) is 48.5 Å². The first kappa shape index (κ1) is 22.1. The third-order valence-electron chi connectivity index (χ3n) is 5.49. The maximum atomic E-state index is 12.9. The number of alkyl halides is 3. The lowest BCUT2D eigenvalue weighted by molar-refractivity contribution is -0.137. The SMILES string of the molecule is Cc1nnc([C@H]2CCCN2C(=O)Nc2ccc(C(F)(F)F)cc2)n1Cc1ccc(Cl)cc1. The van der Waals surface area contributed by atoms with E-state index in [-0.39, 0.29) is 12.1 Å². The maximum Gasteiger partial charge on any atom is 0.416 e. The molecule has 0 aliphatic carbocycles. The van der Waals surface area contributed by atoms with Crippen LogP contribution in [0, 0.1) is 6.92 Å². The molecule has 6 nitrogen and oxygen atoms in total. The van der Waals surface area contributed by atoms with E-state index in [1.54, 1.807) is 4.90 Å². The van der Waals surface area contributed by atoms with Gasteiger partial charge < -0.3 is 14.8 Å². The molecule has 1 aliphatic rings. The predicted octanol–water partition coefficient (Wildman–Crippen LogP) is 5.68. The van der Waals surface area contributed by atoms with E-state index in [0.29, 0.717) is 29.6 Å². The molecule has 4 rings (SSSR count). The summed E-state index contributed by atoms with van der Waals surface area (Å²) in [7, 11) is 0. The van der Waals surface area contributed by atoms with Crippen LogP contribution in [0.3, 0.4) is 0 Å². The molecule has 2 amide bonds. The summed E-state index contributed by atoms with van der Waals surface area (Å²) < 4.78 is 40.3. The van der Waals surface area contributed by atoms with E-state index in [1.165, 1.54) is 12.1 Å². The number of benzene rings is 2. The van der Waals surface area contributed by atoms with Crippen molar-refractivity contribution in [1.82, 2.24) is 19.7 Å². The van der Waals surface area contributed by atoms with Crippen molar-refractivity contribution in [3.05, 3.63) is 76.3 Å². The average molecular weight is 464 g/mol. The van der Waals surface area contributed by atoms with Crippen LogP contribution in [-0.2, 0) is 12.7 Å². The average Bonchev–Trinajstić information content (AvgIpc) is 3.36. The number of amides is 2. The largest absolute Gasteiger partial charge is 0.416 e. The number of aryl methyl sites for hydroxylation is 1. The summed E-state index contributed by atoms with van der Waals surface area (Å²) in [5, 5.41) is 11.9. The first-order valence-electron chi connectivity index (χ1n) is 10.1. The normalized spacial score (nSPS) is 16.4. The van der Waals surface area contributed by atoms with E-state index < -0.39 is 11.7 Å². The van der Waals surface area contributed by atoms with Crippen molar-refractivity contribution in [1.29, 1.82) is 0 Å². The lowest BCUT2D eigenvalue weighted by Crippen LogP contribution is -2.35. The van der Waals surface area contributed by atoms with Crippen LogP contribution in [0.25, 0.3) is 0 Å². The van der Waals surface area contributed by atoms with Crippen LogP contribution >= 0.6 is 11.6 Å². The second kappa shape index (κ2) is 8.82. The summed E-state index contributed by atoms with van der Waals surface area (Å²) >= 11 is 5.97. The third kappa shape index (κ3) is 4.72. The van der Waals surface area contributed by atoms with Gasteiger partial charge in [0.2, 0.25) is 0 Å². The molecule has 2 aromatic carbocycles. The second-order valence-corrected chi connectivity index (χ2v) is 8.11. The van der Waals surface area contributed by atoms with Crippen molar-refractivity contribution in [2.75, 3.05) is 11.9 Å². The van der Waals surface area contributed by atoms with E-state index in [2.05, 4.69) is 15.5 Å². The van der Waals surface area contributed by atoms with E-state index in [9.17, 15) is 18.0 Å². The molecule has 1 saturated heterocycles. The summed E-state index contributed by atoms with van der Waals surface area (Å²) in [5.41, 5.74) is 0.560. The van der Waals surface area contributed by atoms with Crippen molar-refractivity contribution in [2.45, 2.75) is 38.5 Å². The number of halogens is 4. The Morgan fingerprint density at radius 1 is 1.12 bits per heavy atom. The molecular weight excluding hydrogens is 443 g/mol. The van der Waals surface area contributed by atoms with E-state index in [1.807, 2.05) is 35.8 Å². The van der Waals surface area contributed by atoms with Crippen molar-refractivity contribution >= 4 is 23.3 Å². The molecule has 1 aliphatic heterocycles. The number of nitrogens with zero attached hydrogens (tertiary/aromatic N) is 4. The first-order chi connectivity index (χ1) is 15.2. The molecule has 2 heterocycles. The van der Waals surface area contributed by atoms with Gasteiger partial charge in [-0.05, 0) is 61.7 Å². The van der Waals surface area contributed by atoms with Crippen LogP contribution in [0.2, 0.25) is 5.02 Å². The molecule has 10 heteroatoms.